The highest BCUT2D eigenvalue weighted by atomic mass is 35.5. The van der Waals surface area contributed by atoms with Crippen molar-refractivity contribution in [3.8, 4) is 0 Å². The normalized spacial score (nSPS) is 22.2. The average molecular weight is 408 g/mol. The Balaban J connectivity index is 0.00000243. The molecule has 1 atom stereocenters. The Bertz CT molecular complexity index is 758. The molecule has 2 aliphatic heterocycles. The zero-order valence-electron chi connectivity index (χ0n) is 15.3. The minimum atomic E-state index is -3.81. The molecule has 2 fully saturated rings. The summed E-state index contributed by atoms with van der Waals surface area (Å²) in [5.41, 5.74) is 0.00521. The van der Waals surface area contributed by atoms with Crippen LogP contribution in [0, 0.1) is 13.8 Å². The molecule has 10 heteroatoms. The topological polar surface area (TPSA) is 92.1 Å². The van der Waals surface area contributed by atoms with Crippen molar-refractivity contribution in [2.45, 2.75) is 31.2 Å². The number of piperazine rings is 1. The van der Waals surface area contributed by atoms with Crippen LogP contribution in [0.15, 0.2) is 9.31 Å². The first-order valence-corrected chi connectivity index (χ1v) is 9.93. The number of halogens is 1. The van der Waals surface area contributed by atoms with E-state index in [1.807, 2.05) is 0 Å². The number of hydrogen-bond donors (Lipinski definition) is 1. The standard InChI is InChI=1S/C16H25N3O5S.ClH/c1-11-14(16(20)23-3)15(12(2)24-11)25(21,22)19-7-4-13(10-19)18-8-5-17-6-9-18;/h13,17H,4-10H2,1-3H3;1H. The highest BCUT2D eigenvalue weighted by molar-refractivity contribution is 7.89. The second kappa shape index (κ2) is 8.26. The molecule has 1 aromatic rings. The van der Waals surface area contributed by atoms with Crippen LogP contribution >= 0.6 is 12.4 Å². The van der Waals surface area contributed by atoms with Crippen LogP contribution in [-0.4, -0.2) is 76.0 Å². The third-order valence-electron chi connectivity index (χ3n) is 4.99. The van der Waals surface area contributed by atoms with E-state index in [0.29, 0.717) is 13.1 Å². The number of methoxy groups -OCH3 is 1. The summed E-state index contributed by atoms with van der Waals surface area (Å²) >= 11 is 0. The van der Waals surface area contributed by atoms with Crippen molar-refractivity contribution in [1.82, 2.24) is 14.5 Å². The van der Waals surface area contributed by atoms with Gasteiger partial charge >= 0.3 is 5.97 Å². The Morgan fingerprint density at radius 1 is 1.19 bits per heavy atom. The van der Waals surface area contributed by atoms with Crippen LogP contribution in [0.2, 0.25) is 0 Å². The van der Waals surface area contributed by atoms with Crippen LogP contribution in [0.25, 0.3) is 0 Å². The molecule has 3 heterocycles. The Kier molecular flexibility index (Phi) is 6.73. The molecular weight excluding hydrogens is 382 g/mol. The first kappa shape index (κ1) is 21.2. The monoisotopic (exact) mass is 407 g/mol. The van der Waals surface area contributed by atoms with Gasteiger partial charge in [0.1, 0.15) is 22.0 Å². The summed E-state index contributed by atoms with van der Waals surface area (Å²) < 4.78 is 38.0. The van der Waals surface area contributed by atoms with Gasteiger partial charge in [0.25, 0.3) is 0 Å². The lowest BCUT2D eigenvalue weighted by molar-refractivity contribution is 0.0594. The fraction of sp³-hybridized carbons (Fsp3) is 0.688. The minimum Gasteiger partial charge on any atom is -0.465 e. The molecule has 0 saturated carbocycles. The van der Waals surface area contributed by atoms with E-state index < -0.39 is 16.0 Å². The number of rotatable bonds is 4. The van der Waals surface area contributed by atoms with E-state index in [4.69, 9.17) is 9.15 Å². The van der Waals surface area contributed by atoms with Gasteiger partial charge in [0, 0.05) is 45.3 Å². The Hall–Kier alpha value is -1.13. The number of nitrogens with zero attached hydrogens (tertiary/aromatic N) is 2. The number of hydrogen-bond acceptors (Lipinski definition) is 7. The minimum absolute atomic E-state index is 0. The molecule has 2 saturated heterocycles. The molecule has 2 aliphatic rings. The van der Waals surface area contributed by atoms with E-state index >= 15 is 0 Å². The molecule has 8 nitrogen and oxygen atoms in total. The highest BCUT2D eigenvalue weighted by Crippen LogP contribution is 2.32. The molecule has 1 unspecified atom stereocenters. The lowest BCUT2D eigenvalue weighted by Gasteiger charge is -2.32. The Morgan fingerprint density at radius 2 is 1.85 bits per heavy atom. The lowest BCUT2D eigenvalue weighted by Crippen LogP contribution is -2.49. The van der Waals surface area contributed by atoms with Crippen LogP contribution in [0.4, 0.5) is 0 Å². The first-order valence-electron chi connectivity index (χ1n) is 8.49. The predicted octanol–water partition coefficient (Wildman–Crippen LogP) is 0.773. The molecular formula is C16H26ClN3O5S. The summed E-state index contributed by atoms with van der Waals surface area (Å²) in [4.78, 5) is 14.3. The molecule has 0 radical (unpaired) electrons. The molecule has 148 valence electrons. The smallest absolute Gasteiger partial charge is 0.342 e. The number of sulfonamides is 1. The molecule has 0 aromatic carbocycles. The summed E-state index contributed by atoms with van der Waals surface area (Å²) in [7, 11) is -2.58. The van der Waals surface area contributed by atoms with Crippen molar-refractivity contribution in [2.75, 3.05) is 46.4 Å². The van der Waals surface area contributed by atoms with Crippen LogP contribution < -0.4 is 5.32 Å². The van der Waals surface area contributed by atoms with Crippen LogP contribution in [0.3, 0.4) is 0 Å². The number of carbonyl (C=O) groups excluding carboxylic acids is 1. The van der Waals surface area contributed by atoms with E-state index in [1.54, 1.807) is 13.8 Å². The van der Waals surface area contributed by atoms with Gasteiger partial charge in [-0.05, 0) is 20.3 Å². The zero-order valence-corrected chi connectivity index (χ0v) is 16.9. The highest BCUT2D eigenvalue weighted by Gasteiger charge is 2.40. The second-order valence-electron chi connectivity index (χ2n) is 6.50. The van der Waals surface area contributed by atoms with Gasteiger partial charge in [-0.15, -0.1) is 12.4 Å². The quantitative estimate of drug-likeness (QED) is 0.737. The average Bonchev–Trinajstić information content (AvgIpc) is 3.20. The zero-order chi connectivity index (χ0) is 18.2. The molecule has 0 spiro atoms. The third kappa shape index (κ3) is 3.77. The lowest BCUT2D eigenvalue weighted by atomic mass is 10.2. The first-order chi connectivity index (χ1) is 11.9. The summed E-state index contributed by atoms with van der Waals surface area (Å²) in [6, 6.07) is 0.215. The molecule has 0 aliphatic carbocycles. The largest absolute Gasteiger partial charge is 0.465 e. The van der Waals surface area contributed by atoms with Gasteiger partial charge in [0.05, 0.1) is 7.11 Å². The van der Waals surface area contributed by atoms with E-state index in [1.165, 1.54) is 11.4 Å². The van der Waals surface area contributed by atoms with Gasteiger partial charge in [-0.1, -0.05) is 0 Å². The number of furan rings is 1. The summed E-state index contributed by atoms with van der Waals surface area (Å²) in [6.45, 7) is 7.73. The van der Waals surface area contributed by atoms with E-state index in [-0.39, 0.29) is 40.4 Å². The molecule has 1 N–H and O–H groups in total. The fourth-order valence-corrected chi connectivity index (χ4v) is 5.58. The molecule has 0 amide bonds. The maximum absolute atomic E-state index is 13.2. The van der Waals surface area contributed by atoms with E-state index in [0.717, 1.165) is 32.6 Å². The van der Waals surface area contributed by atoms with Gasteiger partial charge in [-0.2, -0.15) is 4.31 Å². The molecule has 1 aromatic heterocycles. The van der Waals surface area contributed by atoms with Gasteiger partial charge in [-0.3, -0.25) is 4.90 Å². The van der Waals surface area contributed by atoms with Gasteiger partial charge in [0.2, 0.25) is 10.0 Å². The van der Waals surface area contributed by atoms with Crippen LogP contribution in [0.1, 0.15) is 28.3 Å². The summed E-state index contributed by atoms with van der Waals surface area (Å²) in [5, 5.41) is 3.30. The SMILES string of the molecule is COC(=O)c1c(C)oc(C)c1S(=O)(=O)N1CCC(N2CCNCC2)C1.Cl. The molecule has 0 bridgehead atoms. The maximum Gasteiger partial charge on any atom is 0.342 e. The van der Waals surface area contributed by atoms with Crippen molar-refractivity contribution in [2.24, 2.45) is 0 Å². The Morgan fingerprint density at radius 3 is 2.46 bits per heavy atom. The summed E-state index contributed by atoms with van der Waals surface area (Å²) in [5.74, 6) is -0.199. The van der Waals surface area contributed by atoms with Gasteiger partial charge < -0.3 is 14.5 Å². The van der Waals surface area contributed by atoms with Crippen molar-refractivity contribution >= 4 is 28.4 Å². The maximum atomic E-state index is 13.2. The van der Waals surface area contributed by atoms with Gasteiger partial charge in [-0.25, -0.2) is 13.2 Å². The number of ether oxygens (including phenoxy) is 1. The van der Waals surface area contributed by atoms with Crippen molar-refractivity contribution < 1.29 is 22.4 Å². The van der Waals surface area contributed by atoms with Crippen molar-refractivity contribution in [3.63, 3.8) is 0 Å². The molecule has 3 rings (SSSR count). The fourth-order valence-electron chi connectivity index (χ4n) is 3.72. The van der Waals surface area contributed by atoms with Crippen molar-refractivity contribution in [1.29, 1.82) is 0 Å². The number of aryl methyl sites for hydroxylation is 2. The van der Waals surface area contributed by atoms with Crippen molar-refractivity contribution in [3.05, 3.63) is 17.1 Å². The number of esters is 1. The van der Waals surface area contributed by atoms with Gasteiger partial charge in [0.15, 0.2) is 0 Å². The van der Waals surface area contributed by atoms with Crippen LogP contribution in [-0.2, 0) is 14.8 Å². The summed E-state index contributed by atoms with van der Waals surface area (Å²) in [6.07, 6.45) is 0.794. The van der Waals surface area contributed by atoms with Crippen LogP contribution in [0.5, 0.6) is 0 Å². The third-order valence-corrected chi connectivity index (χ3v) is 7.01. The second-order valence-corrected chi connectivity index (χ2v) is 8.38. The van der Waals surface area contributed by atoms with E-state index in [9.17, 15) is 13.2 Å². The molecule has 26 heavy (non-hydrogen) atoms. The van der Waals surface area contributed by atoms with E-state index in [2.05, 4.69) is 10.2 Å². The predicted molar refractivity (Wildman–Crippen MR) is 98.4 cm³/mol. The Labute approximate surface area is 160 Å². The number of nitrogens with one attached hydrogen (secondary N) is 1. The number of carbonyl (C=O) groups is 1.